The first-order chi connectivity index (χ1) is 9.74. The molecule has 1 atom stereocenters. The minimum absolute atomic E-state index is 0.0442. The number of benzene rings is 1. The molecular formula is C16H16N2O2. The number of carbonyl (C=O) groups excluding carboxylic acids is 1. The summed E-state index contributed by atoms with van der Waals surface area (Å²) >= 11 is 0. The lowest BCUT2D eigenvalue weighted by Crippen LogP contribution is -2.27. The van der Waals surface area contributed by atoms with Gasteiger partial charge in [-0.1, -0.05) is 12.1 Å². The molecule has 0 saturated carbocycles. The zero-order valence-electron chi connectivity index (χ0n) is 11.1. The summed E-state index contributed by atoms with van der Waals surface area (Å²) in [6.45, 7) is 0.585. The van der Waals surface area contributed by atoms with Gasteiger partial charge in [-0.25, -0.2) is 0 Å². The Bertz CT molecular complexity index is 613. The Morgan fingerprint density at radius 2 is 2.05 bits per heavy atom. The lowest BCUT2D eigenvalue weighted by atomic mass is 10.0. The molecule has 4 heteroatoms. The predicted octanol–water partition coefficient (Wildman–Crippen LogP) is 2.65. The lowest BCUT2D eigenvalue weighted by Gasteiger charge is -2.25. The van der Waals surface area contributed by atoms with Gasteiger partial charge in [0, 0.05) is 25.4 Å². The number of rotatable bonds is 3. The van der Waals surface area contributed by atoms with Crippen LogP contribution in [0.25, 0.3) is 0 Å². The molecule has 0 radical (unpaired) electrons. The molecule has 2 heterocycles. The van der Waals surface area contributed by atoms with E-state index in [1.165, 1.54) is 0 Å². The van der Waals surface area contributed by atoms with Gasteiger partial charge in [0.2, 0.25) is 5.91 Å². The molecule has 1 aromatic carbocycles. The van der Waals surface area contributed by atoms with Crippen LogP contribution in [0.3, 0.4) is 0 Å². The average Bonchev–Trinajstić information content (AvgIpc) is 2.82. The normalized spacial score (nSPS) is 18.5. The molecule has 1 fully saturated rings. The second-order valence-electron chi connectivity index (χ2n) is 5.03. The first kappa shape index (κ1) is 12.7. The zero-order valence-corrected chi connectivity index (χ0v) is 11.1. The van der Waals surface area contributed by atoms with E-state index < -0.39 is 0 Å². The molecule has 1 N–H and O–H groups in total. The van der Waals surface area contributed by atoms with Gasteiger partial charge in [-0.05, 0) is 41.8 Å². The number of pyridine rings is 1. The minimum atomic E-state index is 0.0442. The zero-order chi connectivity index (χ0) is 13.9. The summed E-state index contributed by atoms with van der Waals surface area (Å²) in [6.07, 6.45) is 4.83. The van der Waals surface area contributed by atoms with E-state index in [9.17, 15) is 9.90 Å². The van der Waals surface area contributed by atoms with Gasteiger partial charge in [-0.15, -0.1) is 0 Å². The average molecular weight is 268 g/mol. The summed E-state index contributed by atoms with van der Waals surface area (Å²) in [5.41, 5.74) is 2.06. The van der Waals surface area contributed by atoms with Crippen LogP contribution in [0.1, 0.15) is 30.0 Å². The Hall–Kier alpha value is -2.36. The fourth-order valence-corrected chi connectivity index (χ4v) is 2.70. The SMILES string of the molecule is O=C1CCC(c2cccc(O)c2)N1Cc1ccncc1. The number of aromatic nitrogens is 1. The summed E-state index contributed by atoms with van der Waals surface area (Å²) in [7, 11) is 0. The Morgan fingerprint density at radius 1 is 1.25 bits per heavy atom. The Balaban J connectivity index is 1.85. The van der Waals surface area contributed by atoms with E-state index in [0.29, 0.717) is 13.0 Å². The summed E-state index contributed by atoms with van der Waals surface area (Å²) in [6, 6.07) is 11.1. The first-order valence-electron chi connectivity index (χ1n) is 6.71. The number of phenolic OH excluding ortho intramolecular Hbond substituents is 1. The van der Waals surface area contributed by atoms with Gasteiger partial charge < -0.3 is 10.0 Å². The number of nitrogens with zero attached hydrogens (tertiary/aromatic N) is 2. The molecule has 3 rings (SSSR count). The number of hydrogen-bond acceptors (Lipinski definition) is 3. The van der Waals surface area contributed by atoms with Crippen molar-refractivity contribution in [3.8, 4) is 5.75 Å². The smallest absolute Gasteiger partial charge is 0.223 e. The third-order valence-electron chi connectivity index (χ3n) is 3.69. The fourth-order valence-electron chi connectivity index (χ4n) is 2.70. The maximum Gasteiger partial charge on any atom is 0.223 e. The molecule has 0 spiro atoms. The summed E-state index contributed by atoms with van der Waals surface area (Å²) in [5.74, 6) is 0.404. The van der Waals surface area contributed by atoms with Crippen molar-refractivity contribution in [3.63, 3.8) is 0 Å². The van der Waals surface area contributed by atoms with Gasteiger partial charge in [0.05, 0.1) is 6.04 Å². The number of hydrogen-bond donors (Lipinski definition) is 1. The van der Waals surface area contributed by atoms with Crippen molar-refractivity contribution in [2.24, 2.45) is 0 Å². The van der Waals surface area contributed by atoms with Crippen molar-refractivity contribution in [3.05, 3.63) is 59.9 Å². The van der Waals surface area contributed by atoms with Crippen LogP contribution in [0.4, 0.5) is 0 Å². The fraction of sp³-hybridized carbons (Fsp3) is 0.250. The summed E-state index contributed by atoms with van der Waals surface area (Å²) in [4.78, 5) is 18.0. The van der Waals surface area contributed by atoms with Gasteiger partial charge in [-0.3, -0.25) is 9.78 Å². The van der Waals surface area contributed by atoms with Crippen molar-refractivity contribution in [2.75, 3.05) is 0 Å². The van der Waals surface area contributed by atoms with Crippen LogP contribution in [0.15, 0.2) is 48.8 Å². The van der Waals surface area contributed by atoms with Crippen LogP contribution in [-0.4, -0.2) is 20.9 Å². The molecule has 1 amide bonds. The Kier molecular flexibility index (Phi) is 3.37. The van der Waals surface area contributed by atoms with Gasteiger partial charge in [0.1, 0.15) is 5.75 Å². The van der Waals surface area contributed by atoms with Crippen molar-refractivity contribution in [1.82, 2.24) is 9.88 Å². The van der Waals surface area contributed by atoms with Crippen LogP contribution in [-0.2, 0) is 11.3 Å². The maximum atomic E-state index is 12.1. The van der Waals surface area contributed by atoms with Gasteiger partial charge in [-0.2, -0.15) is 0 Å². The molecular weight excluding hydrogens is 252 g/mol. The molecule has 4 nitrogen and oxygen atoms in total. The number of carbonyl (C=O) groups is 1. The monoisotopic (exact) mass is 268 g/mol. The minimum Gasteiger partial charge on any atom is -0.508 e. The summed E-state index contributed by atoms with van der Waals surface area (Å²) in [5, 5.41) is 9.60. The molecule has 1 aromatic heterocycles. The van der Waals surface area contributed by atoms with Crippen molar-refractivity contribution in [1.29, 1.82) is 0 Å². The van der Waals surface area contributed by atoms with E-state index in [1.807, 2.05) is 29.2 Å². The van der Waals surface area contributed by atoms with Gasteiger partial charge >= 0.3 is 0 Å². The first-order valence-corrected chi connectivity index (χ1v) is 6.71. The number of likely N-dealkylation sites (tertiary alicyclic amines) is 1. The van der Waals surface area contributed by atoms with E-state index in [1.54, 1.807) is 24.5 Å². The van der Waals surface area contributed by atoms with E-state index in [2.05, 4.69) is 4.98 Å². The number of aromatic hydroxyl groups is 1. The molecule has 1 unspecified atom stereocenters. The maximum absolute atomic E-state index is 12.1. The van der Waals surface area contributed by atoms with Crippen LogP contribution in [0.2, 0.25) is 0 Å². The second kappa shape index (κ2) is 5.33. The third-order valence-corrected chi connectivity index (χ3v) is 3.69. The highest BCUT2D eigenvalue weighted by Gasteiger charge is 2.32. The molecule has 1 saturated heterocycles. The standard InChI is InChI=1S/C16H16N2O2/c19-14-3-1-2-13(10-14)15-4-5-16(20)18(15)11-12-6-8-17-9-7-12/h1-3,6-10,15,19H,4-5,11H2. The third kappa shape index (κ3) is 2.50. The highest BCUT2D eigenvalue weighted by molar-refractivity contribution is 5.79. The van der Waals surface area contributed by atoms with Gasteiger partial charge in [0.25, 0.3) is 0 Å². The van der Waals surface area contributed by atoms with E-state index >= 15 is 0 Å². The second-order valence-corrected chi connectivity index (χ2v) is 5.03. The molecule has 1 aliphatic rings. The van der Waals surface area contributed by atoms with Gasteiger partial charge in [0.15, 0.2) is 0 Å². The topological polar surface area (TPSA) is 53.4 Å². The molecule has 0 aliphatic carbocycles. The highest BCUT2D eigenvalue weighted by Crippen LogP contribution is 2.35. The molecule has 20 heavy (non-hydrogen) atoms. The Morgan fingerprint density at radius 3 is 2.80 bits per heavy atom. The van der Waals surface area contributed by atoms with E-state index in [4.69, 9.17) is 0 Å². The Labute approximate surface area is 117 Å². The lowest BCUT2D eigenvalue weighted by molar-refractivity contribution is -0.129. The van der Waals surface area contributed by atoms with Crippen LogP contribution in [0, 0.1) is 0 Å². The van der Waals surface area contributed by atoms with E-state index in [-0.39, 0.29) is 17.7 Å². The quantitative estimate of drug-likeness (QED) is 0.931. The largest absolute Gasteiger partial charge is 0.508 e. The molecule has 0 bridgehead atoms. The number of amides is 1. The predicted molar refractivity (Wildman–Crippen MR) is 74.9 cm³/mol. The van der Waals surface area contributed by atoms with Crippen molar-refractivity contribution < 1.29 is 9.90 Å². The molecule has 1 aliphatic heterocycles. The van der Waals surface area contributed by atoms with Crippen LogP contribution >= 0.6 is 0 Å². The van der Waals surface area contributed by atoms with Crippen LogP contribution in [0.5, 0.6) is 5.75 Å². The summed E-state index contributed by atoms with van der Waals surface area (Å²) < 4.78 is 0. The van der Waals surface area contributed by atoms with Crippen molar-refractivity contribution >= 4 is 5.91 Å². The molecule has 102 valence electrons. The highest BCUT2D eigenvalue weighted by atomic mass is 16.3. The van der Waals surface area contributed by atoms with E-state index in [0.717, 1.165) is 17.5 Å². The van der Waals surface area contributed by atoms with Crippen molar-refractivity contribution in [2.45, 2.75) is 25.4 Å². The molecule has 2 aromatic rings. The van der Waals surface area contributed by atoms with Crippen LogP contribution < -0.4 is 0 Å². The number of phenols is 1.